The molecule has 5 nitrogen and oxygen atoms in total. The molecule has 18 heavy (non-hydrogen) atoms. The summed E-state index contributed by atoms with van der Waals surface area (Å²) in [4.78, 5) is 11.9. The third-order valence-electron chi connectivity index (χ3n) is 2.55. The van der Waals surface area contributed by atoms with E-state index in [-0.39, 0.29) is 11.3 Å². The van der Waals surface area contributed by atoms with Gasteiger partial charge in [0.15, 0.2) is 5.82 Å². The van der Waals surface area contributed by atoms with Crippen LogP contribution in [0, 0.1) is 5.82 Å². The Hall–Kier alpha value is -2.37. The van der Waals surface area contributed by atoms with Crippen molar-refractivity contribution >= 4 is 17.4 Å². The van der Waals surface area contributed by atoms with Gasteiger partial charge in [-0.05, 0) is 18.6 Å². The fourth-order valence-corrected chi connectivity index (χ4v) is 1.53. The number of para-hydroxylation sites is 1. The lowest BCUT2D eigenvalue weighted by atomic mass is 10.1. The van der Waals surface area contributed by atoms with Gasteiger partial charge < -0.3 is 11.1 Å². The molecule has 0 aliphatic carbocycles. The summed E-state index contributed by atoms with van der Waals surface area (Å²) >= 11 is 0. The molecule has 1 heterocycles. The Kier molecular flexibility index (Phi) is 3.27. The van der Waals surface area contributed by atoms with Crippen molar-refractivity contribution in [3.05, 3.63) is 41.3 Å². The molecule has 0 aliphatic rings. The van der Waals surface area contributed by atoms with E-state index in [1.165, 1.54) is 18.2 Å². The molecule has 0 bridgehead atoms. The lowest BCUT2D eigenvalue weighted by molar-refractivity contribution is 0.102. The van der Waals surface area contributed by atoms with Gasteiger partial charge in [0.05, 0.1) is 11.3 Å². The van der Waals surface area contributed by atoms with Gasteiger partial charge in [-0.15, -0.1) is 0 Å². The minimum absolute atomic E-state index is 0.0936. The Balaban J connectivity index is 2.19. The van der Waals surface area contributed by atoms with Gasteiger partial charge in [-0.25, -0.2) is 4.39 Å². The Morgan fingerprint density at radius 3 is 3.00 bits per heavy atom. The number of aromatic amines is 1. The third-order valence-corrected chi connectivity index (χ3v) is 2.55. The number of aromatic nitrogens is 2. The lowest BCUT2D eigenvalue weighted by Crippen LogP contribution is -2.15. The van der Waals surface area contributed by atoms with E-state index in [1.807, 2.05) is 6.92 Å². The average molecular weight is 248 g/mol. The van der Waals surface area contributed by atoms with Gasteiger partial charge in [-0.2, -0.15) is 5.10 Å². The highest BCUT2D eigenvalue weighted by molar-refractivity contribution is 6.07. The summed E-state index contributed by atoms with van der Waals surface area (Å²) in [6, 6.07) is 5.81. The van der Waals surface area contributed by atoms with E-state index in [0.29, 0.717) is 5.82 Å². The predicted molar refractivity (Wildman–Crippen MR) is 66.7 cm³/mol. The van der Waals surface area contributed by atoms with Crippen molar-refractivity contribution in [3.8, 4) is 0 Å². The summed E-state index contributed by atoms with van der Waals surface area (Å²) < 4.78 is 13.2. The average Bonchev–Trinajstić information content (AvgIpc) is 2.80. The maximum absolute atomic E-state index is 13.2. The molecule has 0 spiro atoms. The molecule has 0 fully saturated rings. The number of anilines is 2. The molecule has 0 unspecified atom stereocenters. The first-order chi connectivity index (χ1) is 8.61. The Labute approximate surface area is 103 Å². The smallest absolute Gasteiger partial charge is 0.259 e. The van der Waals surface area contributed by atoms with Crippen molar-refractivity contribution in [1.29, 1.82) is 0 Å². The molecule has 0 atom stereocenters. The normalized spacial score (nSPS) is 10.3. The highest BCUT2D eigenvalue weighted by Crippen LogP contribution is 2.17. The van der Waals surface area contributed by atoms with Crippen molar-refractivity contribution in [2.45, 2.75) is 13.3 Å². The molecule has 0 radical (unpaired) electrons. The van der Waals surface area contributed by atoms with Crippen LogP contribution >= 0.6 is 0 Å². The minimum atomic E-state index is -0.612. The number of hydrogen-bond acceptors (Lipinski definition) is 3. The van der Waals surface area contributed by atoms with E-state index in [4.69, 9.17) is 5.73 Å². The van der Waals surface area contributed by atoms with Crippen LogP contribution in [0.25, 0.3) is 0 Å². The molecular weight excluding hydrogens is 235 g/mol. The van der Waals surface area contributed by atoms with Crippen LogP contribution < -0.4 is 11.1 Å². The van der Waals surface area contributed by atoms with Crippen LogP contribution in [0.2, 0.25) is 0 Å². The number of nitrogens with two attached hydrogens (primary N) is 1. The van der Waals surface area contributed by atoms with Crippen LogP contribution in [0.1, 0.15) is 23.0 Å². The van der Waals surface area contributed by atoms with Crippen molar-refractivity contribution in [2.75, 3.05) is 11.1 Å². The van der Waals surface area contributed by atoms with Crippen molar-refractivity contribution in [1.82, 2.24) is 10.2 Å². The number of hydrogen-bond donors (Lipinski definition) is 3. The van der Waals surface area contributed by atoms with Crippen LogP contribution in [0.3, 0.4) is 0 Å². The maximum atomic E-state index is 13.2. The van der Waals surface area contributed by atoms with Gasteiger partial charge >= 0.3 is 0 Å². The Bertz CT molecular complexity index is 579. The number of H-pyrrole nitrogens is 1. The first-order valence-corrected chi connectivity index (χ1v) is 5.51. The zero-order valence-corrected chi connectivity index (χ0v) is 9.83. The SMILES string of the molecule is CCc1cc(NC(=O)c2cccc(F)c2N)n[nH]1. The number of rotatable bonds is 3. The topological polar surface area (TPSA) is 83.8 Å². The van der Waals surface area contributed by atoms with Crippen molar-refractivity contribution < 1.29 is 9.18 Å². The molecule has 94 valence electrons. The van der Waals surface area contributed by atoms with Crippen LogP contribution in [-0.4, -0.2) is 16.1 Å². The number of aryl methyl sites for hydroxylation is 1. The van der Waals surface area contributed by atoms with Crippen LogP contribution in [0.4, 0.5) is 15.9 Å². The van der Waals surface area contributed by atoms with Crippen LogP contribution in [0.15, 0.2) is 24.3 Å². The monoisotopic (exact) mass is 248 g/mol. The first kappa shape index (κ1) is 12.1. The molecule has 6 heteroatoms. The van der Waals surface area contributed by atoms with Gasteiger partial charge in [0, 0.05) is 11.8 Å². The molecule has 2 rings (SSSR count). The second kappa shape index (κ2) is 4.87. The number of benzene rings is 1. The van der Waals surface area contributed by atoms with Crippen molar-refractivity contribution in [2.24, 2.45) is 0 Å². The second-order valence-electron chi connectivity index (χ2n) is 3.79. The number of nitrogens with one attached hydrogen (secondary N) is 2. The number of halogens is 1. The highest BCUT2D eigenvalue weighted by Gasteiger charge is 2.13. The molecule has 1 aromatic carbocycles. The molecule has 0 saturated heterocycles. The number of carbonyl (C=O) groups excluding carboxylic acids is 1. The number of amides is 1. The second-order valence-corrected chi connectivity index (χ2v) is 3.79. The largest absolute Gasteiger partial charge is 0.396 e. The number of nitrogens with zero attached hydrogens (tertiary/aromatic N) is 1. The maximum Gasteiger partial charge on any atom is 0.259 e. The Morgan fingerprint density at radius 2 is 2.33 bits per heavy atom. The Morgan fingerprint density at radius 1 is 1.56 bits per heavy atom. The van der Waals surface area contributed by atoms with Gasteiger partial charge in [-0.3, -0.25) is 9.89 Å². The standard InChI is InChI=1S/C12H13FN4O/c1-2-7-6-10(17-16-7)15-12(18)8-4-3-5-9(13)11(8)14/h3-6H,2,14H2,1H3,(H2,15,16,17,18). The fourth-order valence-electron chi connectivity index (χ4n) is 1.53. The zero-order valence-electron chi connectivity index (χ0n) is 9.83. The zero-order chi connectivity index (χ0) is 13.1. The molecule has 0 saturated carbocycles. The van der Waals surface area contributed by atoms with Gasteiger partial charge in [-0.1, -0.05) is 13.0 Å². The number of carbonyl (C=O) groups is 1. The van der Waals surface area contributed by atoms with E-state index in [0.717, 1.165) is 12.1 Å². The van der Waals surface area contributed by atoms with E-state index in [9.17, 15) is 9.18 Å². The quantitative estimate of drug-likeness (QED) is 0.726. The molecule has 0 aliphatic heterocycles. The molecule has 1 amide bonds. The van der Waals surface area contributed by atoms with E-state index in [2.05, 4.69) is 15.5 Å². The van der Waals surface area contributed by atoms with Gasteiger partial charge in [0.1, 0.15) is 5.82 Å². The number of nitrogen functional groups attached to an aromatic ring is 1. The third kappa shape index (κ3) is 2.32. The summed E-state index contributed by atoms with van der Waals surface area (Å²) in [7, 11) is 0. The van der Waals surface area contributed by atoms with E-state index in [1.54, 1.807) is 6.07 Å². The van der Waals surface area contributed by atoms with E-state index < -0.39 is 11.7 Å². The lowest BCUT2D eigenvalue weighted by Gasteiger charge is -2.05. The predicted octanol–water partition coefficient (Wildman–Crippen LogP) is 1.95. The van der Waals surface area contributed by atoms with Crippen LogP contribution in [-0.2, 0) is 6.42 Å². The first-order valence-electron chi connectivity index (χ1n) is 5.51. The molecule has 1 aromatic heterocycles. The highest BCUT2D eigenvalue weighted by atomic mass is 19.1. The van der Waals surface area contributed by atoms with Crippen LogP contribution in [0.5, 0.6) is 0 Å². The minimum Gasteiger partial charge on any atom is -0.396 e. The van der Waals surface area contributed by atoms with Crippen molar-refractivity contribution in [3.63, 3.8) is 0 Å². The van der Waals surface area contributed by atoms with Gasteiger partial charge in [0.2, 0.25) is 0 Å². The summed E-state index contributed by atoms with van der Waals surface area (Å²) in [6.07, 6.45) is 0.783. The van der Waals surface area contributed by atoms with E-state index >= 15 is 0 Å². The molecule has 2 aromatic rings. The summed E-state index contributed by atoms with van der Waals surface area (Å²) in [5, 5.41) is 9.23. The molecular formula is C12H13FN4O. The van der Waals surface area contributed by atoms with Gasteiger partial charge in [0.25, 0.3) is 5.91 Å². The summed E-state index contributed by atoms with van der Waals surface area (Å²) in [5.41, 5.74) is 6.33. The fraction of sp³-hybridized carbons (Fsp3) is 0.167. The summed E-state index contributed by atoms with van der Waals surface area (Å²) in [5.74, 6) is -0.708. The summed E-state index contributed by atoms with van der Waals surface area (Å²) in [6.45, 7) is 1.96. The molecule has 4 N–H and O–H groups in total.